The van der Waals surface area contributed by atoms with Gasteiger partial charge in [-0.1, -0.05) is 0 Å². The van der Waals surface area contributed by atoms with Gasteiger partial charge in [-0.25, -0.2) is 13.9 Å². The first-order valence-corrected chi connectivity index (χ1v) is 12.7. The lowest BCUT2D eigenvalue weighted by Crippen LogP contribution is -2.33. The molecule has 14 nitrogen and oxygen atoms in total. The number of aromatic nitrogens is 2. The Kier molecular flexibility index (Phi) is 11.6. The minimum Gasteiger partial charge on any atom is -0.390 e. The minimum absolute atomic E-state index is 0.0283. The van der Waals surface area contributed by atoms with Gasteiger partial charge in [-0.05, 0) is 27.7 Å². The maximum Gasteiger partial charge on any atom is 0.474 e. The summed E-state index contributed by atoms with van der Waals surface area (Å²) in [4.78, 5) is 42.3. The van der Waals surface area contributed by atoms with E-state index in [0.29, 0.717) is 25.4 Å². The highest BCUT2D eigenvalue weighted by molar-refractivity contribution is 7.48. The van der Waals surface area contributed by atoms with Gasteiger partial charge in [-0.2, -0.15) is 0 Å². The summed E-state index contributed by atoms with van der Waals surface area (Å²) in [5.74, 6) is 0. The number of rotatable bonds is 10. The summed E-state index contributed by atoms with van der Waals surface area (Å²) in [6, 6.07) is 0. The topological polar surface area (TPSA) is 196 Å². The molecule has 1 aliphatic heterocycles. The van der Waals surface area contributed by atoms with E-state index in [2.05, 4.69) is 9.51 Å². The molecule has 0 spiro atoms. The first-order chi connectivity index (χ1) is 14.9. The summed E-state index contributed by atoms with van der Waals surface area (Å²) >= 11 is 0. The van der Waals surface area contributed by atoms with Crippen molar-refractivity contribution < 1.29 is 46.9 Å². The average molecular weight is 504 g/mol. The Hall–Kier alpha value is -1.18. The van der Waals surface area contributed by atoms with Gasteiger partial charge in [0.1, 0.15) is 12.3 Å². The van der Waals surface area contributed by atoms with Crippen LogP contribution in [0.3, 0.4) is 0 Å². The second-order valence-corrected chi connectivity index (χ2v) is 9.31. The second kappa shape index (κ2) is 12.9. The van der Waals surface area contributed by atoms with Gasteiger partial charge in [-0.3, -0.25) is 32.4 Å². The number of aromatic amines is 1. The van der Waals surface area contributed by atoms with Crippen molar-refractivity contribution in [2.45, 2.75) is 52.6 Å². The van der Waals surface area contributed by atoms with Gasteiger partial charge in [0.25, 0.3) is 5.56 Å². The minimum atomic E-state index is -4.67. The second-order valence-electron chi connectivity index (χ2n) is 6.40. The Balaban J connectivity index is 0.000000396. The lowest BCUT2D eigenvalue weighted by molar-refractivity contribution is -0.0451. The van der Waals surface area contributed by atoms with E-state index >= 15 is 0 Å². The summed E-state index contributed by atoms with van der Waals surface area (Å²) in [5.41, 5.74) is -0.918. The molecule has 1 aliphatic rings. The predicted molar refractivity (Wildman–Crippen MR) is 111 cm³/mol. The molecule has 0 aliphatic carbocycles. The van der Waals surface area contributed by atoms with Crippen molar-refractivity contribution in [1.82, 2.24) is 9.55 Å². The van der Waals surface area contributed by atoms with Crippen molar-refractivity contribution >= 4 is 15.6 Å². The van der Waals surface area contributed by atoms with Crippen molar-refractivity contribution in [2.24, 2.45) is 0 Å². The van der Waals surface area contributed by atoms with Gasteiger partial charge in [-0.15, -0.1) is 0 Å². The maximum absolute atomic E-state index is 11.7. The molecule has 0 radical (unpaired) electrons. The fraction of sp³-hybridized carbons (Fsp3) is 0.750. The Labute approximate surface area is 184 Å². The Morgan fingerprint density at radius 3 is 2.09 bits per heavy atom. The average Bonchev–Trinajstić information content (AvgIpc) is 3.04. The third-order valence-electron chi connectivity index (χ3n) is 3.93. The van der Waals surface area contributed by atoms with Gasteiger partial charge in [0.15, 0.2) is 0 Å². The number of hydrogen-bond acceptors (Lipinski definition) is 10. The van der Waals surface area contributed by atoms with Gasteiger partial charge < -0.3 is 19.6 Å². The van der Waals surface area contributed by atoms with E-state index in [1.54, 1.807) is 20.8 Å². The van der Waals surface area contributed by atoms with Crippen LogP contribution in [0, 0.1) is 6.92 Å². The molecule has 0 unspecified atom stereocenters. The Morgan fingerprint density at radius 1 is 1.09 bits per heavy atom. The highest BCUT2D eigenvalue weighted by Crippen LogP contribution is 2.48. The van der Waals surface area contributed by atoms with Gasteiger partial charge in [0.05, 0.1) is 32.5 Å². The van der Waals surface area contributed by atoms with Crippen LogP contribution in [0.4, 0.5) is 0 Å². The molecule has 0 bridgehead atoms. The number of nitrogens with zero attached hydrogens (tertiary/aromatic N) is 1. The highest BCUT2D eigenvalue weighted by Gasteiger charge is 2.37. The zero-order valence-electron chi connectivity index (χ0n) is 18.2. The fourth-order valence-electron chi connectivity index (χ4n) is 2.59. The zero-order valence-corrected chi connectivity index (χ0v) is 20.0. The first-order valence-electron chi connectivity index (χ1n) is 9.75. The molecule has 0 saturated carbocycles. The standard InChI is InChI=1S/C10H15N2O8P.C6H15O4P/c1-5-3-12(10(15)11-9(5)14)8-2-6(13)7(20-8)4-19-21(16,17)18;1-4-8-11(7,9-5-2)10-6-3/h3,6-8,13H,2,4H2,1H3,(H,11,14,15)(H2,16,17,18);4-6H2,1-3H3/t6-,7+,8+;/m0./s1. The molecular weight excluding hydrogens is 474 g/mol. The summed E-state index contributed by atoms with van der Waals surface area (Å²) in [5, 5.41) is 9.79. The number of H-pyrrole nitrogens is 1. The number of hydrogen-bond donors (Lipinski definition) is 4. The predicted octanol–water partition coefficient (Wildman–Crippen LogP) is 0.807. The van der Waals surface area contributed by atoms with Crippen molar-refractivity contribution in [1.29, 1.82) is 0 Å². The number of nitrogens with one attached hydrogen (secondary N) is 1. The molecule has 4 N–H and O–H groups in total. The lowest BCUT2D eigenvalue weighted by Gasteiger charge is -2.16. The molecule has 3 atom stereocenters. The molecule has 186 valence electrons. The molecule has 16 heteroatoms. The molecular formula is C16H30N2O12P2. The number of phosphoric acid groups is 2. The summed E-state index contributed by atoms with van der Waals surface area (Å²) in [6.07, 6.45) is -1.57. The maximum atomic E-state index is 11.7. The van der Waals surface area contributed by atoms with Crippen LogP contribution >= 0.6 is 15.6 Å². The molecule has 1 fully saturated rings. The summed E-state index contributed by atoms with van der Waals surface area (Å²) < 4.78 is 47.2. The molecule has 0 amide bonds. The highest BCUT2D eigenvalue weighted by atomic mass is 31.2. The molecule has 1 aromatic rings. The quantitative estimate of drug-likeness (QED) is 0.328. The molecule has 2 heterocycles. The van der Waals surface area contributed by atoms with E-state index in [1.165, 1.54) is 13.1 Å². The van der Waals surface area contributed by atoms with E-state index in [1.807, 2.05) is 0 Å². The van der Waals surface area contributed by atoms with E-state index < -0.39 is 51.9 Å². The van der Waals surface area contributed by atoms with Gasteiger partial charge >= 0.3 is 21.3 Å². The number of aryl methyl sites for hydroxylation is 1. The number of phosphoric ester groups is 2. The molecule has 1 saturated heterocycles. The van der Waals surface area contributed by atoms with Crippen LogP contribution in [0.25, 0.3) is 0 Å². The molecule has 1 aromatic heterocycles. The van der Waals surface area contributed by atoms with Crippen molar-refractivity contribution in [3.63, 3.8) is 0 Å². The molecule has 0 aromatic carbocycles. The lowest BCUT2D eigenvalue weighted by atomic mass is 10.2. The number of aliphatic hydroxyl groups is 1. The van der Waals surface area contributed by atoms with Crippen molar-refractivity contribution in [3.8, 4) is 0 Å². The third-order valence-corrected chi connectivity index (χ3v) is 6.14. The zero-order chi connectivity index (χ0) is 24.5. The van der Waals surface area contributed by atoms with Crippen LogP contribution in [-0.4, -0.2) is 63.1 Å². The van der Waals surface area contributed by atoms with Gasteiger partial charge in [0.2, 0.25) is 0 Å². The van der Waals surface area contributed by atoms with Crippen molar-refractivity contribution in [3.05, 3.63) is 32.6 Å². The van der Waals surface area contributed by atoms with Crippen molar-refractivity contribution in [2.75, 3.05) is 26.4 Å². The van der Waals surface area contributed by atoms with Crippen LogP contribution in [0.1, 0.15) is 39.0 Å². The SMILES string of the molecule is CCOP(=O)(OCC)OCC.Cc1cn([C@H]2C[C@H](O)[C@@H](COP(=O)(O)O)O2)c(=O)[nH]c1=O. The Bertz CT molecular complexity index is 903. The fourth-order valence-corrected chi connectivity index (χ4v) is 4.11. The van der Waals surface area contributed by atoms with E-state index in [-0.39, 0.29) is 6.42 Å². The van der Waals surface area contributed by atoms with Crippen LogP contribution in [0.5, 0.6) is 0 Å². The summed E-state index contributed by atoms with van der Waals surface area (Å²) in [6.45, 7) is 7.21. The first kappa shape index (κ1) is 28.9. The summed E-state index contributed by atoms with van der Waals surface area (Å²) in [7, 11) is -7.89. The largest absolute Gasteiger partial charge is 0.474 e. The van der Waals surface area contributed by atoms with Crippen LogP contribution in [-0.2, 0) is 32.0 Å². The van der Waals surface area contributed by atoms with E-state index in [9.17, 15) is 23.8 Å². The van der Waals surface area contributed by atoms with Crippen LogP contribution in [0.2, 0.25) is 0 Å². The monoisotopic (exact) mass is 504 g/mol. The number of aliphatic hydroxyl groups excluding tert-OH is 1. The molecule has 32 heavy (non-hydrogen) atoms. The normalized spacial score (nSPS) is 21.3. The van der Waals surface area contributed by atoms with Crippen LogP contribution < -0.4 is 11.2 Å². The third kappa shape index (κ3) is 9.36. The van der Waals surface area contributed by atoms with Crippen LogP contribution in [0.15, 0.2) is 15.8 Å². The number of ether oxygens (including phenoxy) is 1. The Morgan fingerprint density at radius 2 is 1.62 bits per heavy atom. The van der Waals surface area contributed by atoms with Gasteiger partial charge in [0, 0.05) is 18.2 Å². The van der Waals surface area contributed by atoms with E-state index in [0.717, 1.165) is 4.57 Å². The molecule has 2 rings (SSSR count). The smallest absolute Gasteiger partial charge is 0.390 e. The van der Waals surface area contributed by atoms with E-state index in [4.69, 9.17) is 28.1 Å².